The van der Waals surface area contributed by atoms with Gasteiger partial charge in [0.1, 0.15) is 0 Å². The first-order valence-electron chi connectivity index (χ1n) is 9.62. The fourth-order valence-electron chi connectivity index (χ4n) is 3.92. The van der Waals surface area contributed by atoms with Gasteiger partial charge in [0.2, 0.25) is 0 Å². The number of carbonyl (C=O) groups excluding carboxylic acids is 2. The lowest BCUT2D eigenvalue weighted by atomic mass is 9.93. The Kier molecular flexibility index (Phi) is 5.10. The van der Waals surface area contributed by atoms with Crippen LogP contribution in [0.3, 0.4) is 0 Å². The molecule has 0 radical (unpaired) electrons. The summed E-state index contributed by atoms with van der Waals surface area (Å²) < 4.78 is 4.77. The highest BCUT2D eigenvalue weighted by molar-refractivity contribution is 6.08. The van der Waals surface area contributed by atoms with Gasteiger partial charge in [-0.1, -0.05) is 19.3 Å². The van der Waals surface area contributed by atoms with E-state index >= 15 is 0 Å². The predicted molar refractivity (Wildman–Crippen MR) is 108 cm³/mol. The molecule has 1 aliphatic rings. The van der Waals surface area contributed by atoms with Gasteiger partial charge in [0.15, 0.2) is 0 Å². The summed E-state index contributed by atoms with van der Waals surface area (Å²) in [5, 5.41) is 0. The second-order valence-electron chi connectivity index (χ2n) is 7.14. The zero-order valence-corrected chi connectivity index (χ0v) is 15.9. The molecule has 0 atom stereocenters. The molecule has 6 heteroatoms. The van der Waals surface area contributed by atoms with E-state index < -0.39 is 0 Å². The zero-order chi connectivity index (χ0) is 19.5. The second-order valence-corrected chi connectivity index (χ2v) is 7.14. The summed E-state index contributed by atoms with van der Waals surface area (Å²) in [6.07, 6.45) is 7.04. The molecule has 3 aromatic rings. The highest BCUT2D eigenvalue weighted by Crippen LogP contribution is 2.30. The van der Waals surface area contributed by atoms with Gasteiger partial charge in [-0.15, -0.1) is 0 Å². The number of esters is 1. The number of H-pyrrole nitrogens is 1. The van der Waals surface area contributed by atoms with Crippen LogP contribution in [-0.2, 0) is 4.74 Å². The van der Waals surface area contributed by atoms with Gasteiger partial charge in [-0.3, -0.25) is 4.79 Å². The minimum atomic E-state index is -0.383. The summed E-state index contributed by atoms with van der Waals surface area (Å²) in [5.74, 6) is -0.416. The van der Waals surface area contributed by atoms with Crippen LogP contribution in [0.15, 0.2) is 48.8 Å². The number of fused-ring (bicyclic) bond motifs is 1. The van der Waals surface area contributed by atoms with Crippen LogP contribution in [0.5, 0.6) is 0 Å². The van der Waals surface area contributed by atoms with Gasteiger partial charge in [-0.25, -0.2) is 9.78 Å². The fraction of sp³-hybridized carbons (Fsp3) is 0.318. The number of hydrogen-bond donors (Lipinski definition) is 1. The van der Waals surface area contributed by atoms with E-state index in [0.717, 1.165) is 42.4 Å². The van der Waals surface area contributed by atoms with Crippen molar-refractivity contribution in [2.45, 2.75) is 38.1 Å². The average molecular weight is 377 g/mol. The van der Waals surface area contributed by atoms with Crippen LogP contribution in [-0.4, -0.2) is 35.0 Å². The molecule has 144 valence electrons. The van der Waals surface area contributed by atoms with E-state index in [9.17, 15) is 9.59 Å². The smallest absolute Gasteiger partial charge is 0.337 e. The summed E-state index contributed by atoms with van der Waals surface area (Å²) in [6, 6.07) is 12.8. The first-order chi connectivity index (χ1) is 13.7. The molecule has 1 amide bonds. The van der Waals surface area contributed by atoms with E-state index in [1.54, 1.807) is 18.5 Å². The average Bonchev–Trinajstić information content (AvgIpc) is 3.22. The molecule has 0 aliphatic heterocycles. The number of amides is 1. The number of benzene rings is 2. The Morgan fingerprint density at radius 2 is 1.75 bits per heavy atom. The van der Waals surface area contributed by atoms with Crippen molar-refractivity contribution in [3.63, 3.8) is 0 Å². The quantitative estimate of drug-likeness (QED) is 0.687. The maximum Gasteiger partial charge on any atom is 0.337 e. The molecule has 1 saturated carbocycles. The van der Waals surface area contributed by atoms with Gasteiger partial charge in [0.05, 0.1) is 30.0 Å². The van der Waals surface area contributed by atoms with Crippen molar-refractivity contribution in [2.75, 3.05) is 12.0 Å². The van der Waals surface area contributed by atoms with Gasteiger partial charge in [-0.05, 0) is 55.3 Å². The van der Waals surface area contributed by atoms with Crippen LogP contribution in [0, 0.1) is 0 Å². The van der Waals surface area contributed by atoms with E-state index in [4.69, 9.17) is 4.74 Å². The molecule has 0 saturated heterocycles. The van der Waals surface area contributed by atoms with E-state index in [1.165, 1.54) is 13.5 Å². The Balaban J connectivity index is 1.70. The first kappa shape index (κ1) is 18.2. The van der Waals surface area contributed by atoms with E-state index in [0.29, 0.717) is 11.1 Å². The van der Waals surface area contributed by atoms with Crippen molar-refractivity contribution < 1.29 is 14.3 Å². The summed E-state index contributed by atoms with van der Waals surface area (Å²) in [6.45, 7) is 0. The largest absolute Gasteiger partial charge is 0.465 e. The molecule has 0 bridgehead atoms. The van der Waals surface area contributed by atoms with Gasteiger partial charge in [0.25, 0.3) is 5.91 Å². The summed E-state index contributed by atoms with van der Waals surface area (Å²) in [4.78, 5) is 34.4. The number of carbonyl (C=O) groups is 2. The van der Waals surface area contributed by atoms with Crippen molar-refractivity contribution in [3.05, 3.63) is 59.9 Å². The summed E-state index contributed by atoms with van der Waals surface area (Å²) in [5.41, 5.74) is 3.58. The Bertz CT molecular complexity index is 988. The SMILES string of the molecule is COC(=O)c1ccc(N(C(=O)c2ccc3nc[nH]c3c2)C2CCCCC2)cc1. The number of rotatable bonds is 4. The third kappa shape index (κ3) is 3.50. The molecule has 6 nitrogen and oxygen atoms in total. The number of hydrogen-bond acceptors (Lipinski definition) is 4. The van der Waals surface area contributed by atoms with Crippen molar-refractivity contribution in [1.82, 2.24) is 9.97 Å². The molecule has 1 aliphatic carbocycles. The summed E-state index contributed by atoms with van der Waals surface area (Å²) in [7, 11) is 1.36. The minimum Gasteiger partial charge on any atom is -0.465 e. The standard InChI is InChI=1S/C22H23N3O3/c1-28-22(27)15-7-10-18(11-8-15)25(17-5-3-2-4-6-17)21(26)16-9-12-19-20(13-16)24-14-23-19/h7-14,17H,2-6H2,1H3,(H,23,24). The van der Waals surface area contributed by atoms with Crippen molar-refractivity contribution in [2.24, 2.45) is 0 Å². The molecule has 1 fully saturated rings. The Hall–Kier alpha value is -3.15. The van der Waals surface area contributed by atoms with Gasteiger partial charge in [-0.2, -0.15) is 0 Å². The molecule has 0 unspecified atom stereocenters. The predicted octanol–water partition coefficient (Wildman–Crippen LogP) is 4.33. The van der Waals surface area contributed by atoms with Crippen LogP contribution in [0.1, 0.15) is 52.8 Å². The topological polar surface area (TPSA) is 75.3 Å². The lowest BCUT2D eigenvalue weighted by Crippen LogP contribution is -2.41. The maximum absolute atomic E-state index is 13.5. The number of aromatic amines is 1. The lowest BCUT2D eigenvalue weighted by Gasteiger charge is -2.34. The minimum absolute atomic E-state index is 0.0331. The normalized spacial score (nSPS) is 14.8. The zero-order valence-electron chi connectivity index (χ0n) is 15.9. The van der Waals surface area contributed by atoms with Gasteiger partial charge in [0, 0.05) is 17.3 Å². The first-order valence-corrected chi connectivity index (χ1v) is 9.62. The Morgan fingerprint density at radius 1 is 1.04 bits per heavy atom. The fourth-order valence-corrected chi connectivity index (χ4v) is 3.92. The molecular weight excluding hydrogens is 354 g/mol. The molecular formula is C22H23N3O3. The number of aromatic nitrogens is 2. The van der Waals surface area contributed by atoms with Crippen LogP contribution in [0.2, 0.25) is 0 Å². The number of nitrogens with one attached hydrogen (secondary N) is 1. The number of ether oxygens (including phenoxy) is 1. The van der Waals surface area contributed by atoms with Crippen LogP contribution < -0.4 is 4.90 Å². The third-order valence-corrected chi connectivity index (χ3v) is 5.39. The van der Waals surface area contributed by atoms with Gasteiger partial charge < -0.3 is 14.6 Å². The second kappa shape index (κ2) is 7.84. The molecule has 4 rings (SSSR count). The van der Waals surface area contributed by atoms with Crippen LogP contribution >= 0.6 is 0 Å². The molecule has 0 spiro atoms. The Labute approximate surface area is 163 Å². The van der Waals surface area contributed by atoms with E-state index in [-0.39, 0.29) is 17.9 Å². The van der Waals surface area contributed by atoms with Crippen LogP contribution in [0.25, 0.3) is 11.0 Å². The van der Waals surface area contributed by atoms with Crippen molar-refractivity contribution >= 4 is 28.6 Å². The number of imidazole rings is 1. The molecule has 2 aromatic carbocycles. The van der Waals surface area contributed by atoms with E-state index in [1.807, 2.05) is 35.2 Å². The number of methoxy groups -OCH3 is 1. The Morgan fingerprint density at radius 3 is 2.46 bits per heavy atom. The van der Waals surface area contributed by atoms with Gasteiger partial charge >= 0.3 is 5.97 Å². The lowest BCUT2D eigenvalue weighted by molar-refractivity contribution is 0.0600. The van der Waals surface area contributed by atoms with Crippen molar-refractivity contribution in [1.29, 1.82) is 0 Å². The third-order valence-electron chi connectivity index (χ3n) is 5.39. The van der Waals surface area contributed by atoms with E-state index in [2.05, 4.69) is 9.97 Å². The highest BCUT2D eigenvalue weighted by Gasteiger charge is 2.28. The van der Waals surface area contributed by atoms with Crippen LogP contribution in [0.4, 0.5) is 5.69 Å². The molecule has 28 heavy (non-hydrogen) atoms. The highest BCUT2D eigenvalue weighted by atomic mass is 16.5. The maximum atomic E-state index is 13.5. The monoisotopic (exact) mass is 377 g/mol. The van der Waals surface area contributed by atoms with Crippen molar-refractivity contribution in [3.8, 4) is 0 Å². The molecule has 1 heterocycles. The number of nitrogens with zero attached hydrogens (tertiary/aromatic N) is 2. The summed E-state index contributed by atoms with van der Waals surface area (Å²) >= 11 is 0. The molecule has 1 N–H and O–H groups in total. The number of anilines is 1. The molecule has 1 aromatic heterocycles.